The Labute approximate surface area is 147 Å². The quantitative estimate of drug-likeness (QED) is 0.435. The average Bonchev–Trinajstić information content (AvgIpc) is 3.07. The van der Waals surface area contributed by atoms with Gasteiger partial charge in [-0.3, -0.25) is 14.6 Å². The molecular weight excluding hydrogens is 314 g/mol. The Hall–Kier alpha value is -2.69. The second kappa shape index (κ2) is 8.42. The first-order chi connectivity index (χ1) is 12.3. The predicted molar refractivity (Wildman–Crippen MR) is 96.6 cm³/mol. The molecule has 0 bridgehead atoms. The van der Waals surface area contributed by atoms with Crippen molar-refractivity contribution in [1.29, 1.82) is 0 Å². The average molecular weight is 337 g/mol. The Morgan fingerprint density at radius 1 is 1.16 bits per heavy atom. The molecule has 1 aromatic heterocycles. The summed E-state index contributed by atoms with van der Waals surface area (Å²) in [5.41, 5.74) is 5.05. The van der Waals surface area contributed by atoms with E-state index in [0.29, 0.717) is 37.7 Å². The van der Waals surface area contributed by atoms with Crippen LogP contribution in [0.4, 0.5) is 0 Å². The molecule has 2 amide bonds. The molecule has 0 aromatic carbocycles. The first kappa shape index (κ1) is 17.1. The molecule has 5 heteroatoms. The van der Waals surface area contributed by atoms with E-state index in [1.807, 2.05) is 12.1 Å². The highest BCUT2D eigenvalue weighted by Gasteiger charge is 2.29. The van der Waals surface area contributed by atoms with E-state index in [0.717, 1.165) is 25.0 Å². The summed E-state index contributed by atoms with van der Waals surface area (Å²) in [6.07, 6.45) is 15.1. The highest BCUT2D eigenvalue weighted by atomic mass is 16.1. The monoisotopic (exact) mass is 337 g/mol. The standard InChI is InChI=1S/C20H23N3O2/c24-13-21-7-1-3-15-5-6-16-10-18(11-17(16)9-15)19-4-2-8-23-20(19)12-22-14-25/h1-4,6,8-9,13-15,18H,5,7,10-12H2,(H,21,24)(H,22,25)/b3-1+. The van der Waals surface area contributed by atoms with Gasteiger partial charge in [-0.1, -0.05) is 30.4 Å². The minimum Gasteiger partial charge on any atom is -0.355 e. The Morgan fingerprint density at radius 2 is 2.00 bits per heavy atom. The normalized spacial score (nSPS) is 22.1. The summed E-state index contributed by atoms with van der Waals surface area (Å²) < 4.78 is 0. The maximum Gasteiger partial charge on any atom is 0.207 e. The smallest absolute Gasteiger partial charge is 0.207 e. The van der Waals surface area contributed by atoms with Crippen molar-refractivity contribution in [2.45, 2.75) is 31.7 Å². The van der Waals surface area contributed by atoms with Gasteiger partial charge in [-0.25, -0.2) is 0 Å². The second-order valence-corrected chi connectivity index (χ2v) is 6.42. The summed E-state index contributed by atoms with van der Waals surface area (Å²) in [4.78, 5) is 25.3. The maximum absolute atomic E-state index is 10.6. The highest BCUT2D eigenvalue weighted by molar-refractivity contribution is 5.48. The third-order valence-corrected chi connectivity index (χ3v) is 4.82. The number of hydrogen-bond donors (Lipinski definition) is 2. The fourth-order valence-electron chi connectivity index (χ4n) is 3.68. The molecule has 0 saturated heterocycles. The molecule has 1 aromatic rings. The van der Waals surface area contributed by atoms with E-state index in [2.05, 4.69) is 39.9 Å². The van der Waals surface area contributed by atoms with Crippen LogP contribution in [0.25, 0.3) is 0 Å². The zero-order valence-corrected chi connectivity index (χ0v) is 14.2. The molecule has 2 N–H and O–H groups in total. The van der Waals surface area contributed by atoms with Crippen LogP contribution in [0.5, 0.6) is 0 Å². The summed E-state index contributed by atoms with van der Waals surface area (Å²) in [6, 6.07) is 4.09. The fourth-order valence-corrected chi connectivity index (χ4v) is 3.68. The van der Waals surface area contributed by atoms with Gasteiger partial charge in [0.25, 0.3) is 0 Å². The minimum absolute atomic E-state index is 0.399. The van der Waals surface area contributed by atoms with Crippen LogP contribution in [0.3, 0.4) is 0 Å². The summed E-state index contributed by atoms with van der Waals surface area (Å²) in [7, 11) is 0. The molecule has 2 aliphatic rings. The lowest BCUT2D eigenvalue weighted by atomic mass is 9.92. The third kappa shape index (κ3) is 4.24. The van der Waals surface area contributed by atoms with Crippen molar-refractivity contribution in [3.05, 3.63) is 65.0 Å². The zero-order valence-electron chi connectivity index (χ0n) is 14.2. The second-order valence-electron chi connectivity index (χ2n) is 6.42. The van der Waals surface area contributed by atoms with Crippen molar-refractivity contribution in [1.82, 2.24) is 15.6 Å². The molecule has 0 aliphatic heterocycles. The minimum atomic E-state index is 0.399. The van der Waals surface area contributed by atoms with Gasteiger partial charge in [0.1, 0.15) is 0 Å². The molecule has 3 rings (SSSR count). The van der Waals surface area contributed by atoms with Crippen molar-refractivity contribution >= 4 is 12.8 Å². The van der Waals surface area contributed by atoms with Crippen LogP contribution in [-0.4, -0.2) is 24.3 Å². The number of amides is 2. The van der Waals surface area contributed by atoms with Gasteiger partial charge in [0.2, 0.25) is 12.8 Å². The maximum atomic E-state index is 10.6. The number of pyridine rings is 1. The molecule has 1 saturated carbocycles. The molecule has 0 spiro atoms. The van der Waals surface area contributed by atoms with Gasteiger partial charge < -0.3 is 10.6 Å². The number of rotatable bonds is 8. The molecule has 2 aliphatic carbocycles. The Bertz CT molecular complexity index is 721. The lowest BCUT2D eigenvalue weighted by Crippen LogP contribution is -2.14. The van der Waals surface area contributed by atoms with Crippen molar-refractivity contribution < 1.29 is 9.59 Å². The number of nitrogens with one attached hydrogen (secondary N) is 2. The number of fused-ring (bicyclic) bond motifs is 1. The molecule has 0 radical (unpaired) electrons. The summed E-state index contributed by atoms with van der Waals surface area (Å²) in [5, 5.41) is 5.36. The van der Waals surface area contributed by atoms with E-state index in [-0.39, 0.29) is 0 Å². The fraction of sp³-hybridized carbons (Fsp3) is 0.350. The Balaban J connectivity index is 1.70. The molecule has 130 valence electrons. The first-order valence-corrected chi connectivity index (χ1v) is 8.66. The number of hydrogen-bond acceptors (Lipinski definition) is 3. The van der Waals surface area contributed by atoms with Gasteiger partial charge in [0.15, 0.2) is 0 Å². The van der Waals surface area contributed by atoms with E-state index < -0.39 is 0 Å². The number of allylic oxidation sites excluding steroid dienone is 5. The number of carbonyl (C=O) groups is 2. The van der Waals surface area contributed by atoms with Crippen molar-refractivity contribution in [3.63, 3.8) is 0 Å². The number of aromatic nitrogens is 1. The first-order valence-electron chi connectivity index (χ1n) is 8.66. The van der Waals surface area contributed by atoms with E-state index >= 15 is 0 Å². The van der Waals surface area contributed by atoms with Gasteiger partial charge in [-0.2, -0.15) is 0 Å². The van der Waals surface area contributed by atoms with E-state index in [1.165, 1.54) is 16.7 Å². The van der Waals surface area contributed by atoms with Crippen molar-refractivity contribution in [2.24, 2.45) is 5.92 Å². The van der Waals surface area contributed by atoms with Crippen LogP contribution < -0.4 is 10.6 Å². The predicted octanol–water partition coefficient (Wildman–Crippen LogP) is 2.38. The molecule has 2 unspecified atom stereocenters. The SMILES string of the molecule is O=CNC/C=C/C1C=C2CC(c3cccnc3CNC=O)CC2=CC1. The third-order valence-electron chi connectivity index (χ3n) is 4.82. The zero-order chi connectivity index (χ0) is 17.5. The molecule has 25 heavy (non-hydrogen) atoms. The van der Waals surface area contributed by atoms with Crippen LogP contribution in [0, 0.1) is 5.92 Å². The number of nitrogens with zero attached hydrogens (tertiary/aromatic N) is 1. The van der Waals surface area contributed by atoms with Gasteiger partial charge in [0, 0.05) is 12.7 Å². The molecule has 1 fully saturated rings. The van der Waals surface area contributed by atoms with E-state index in [1.54, 1.807) is 6.20 Å². The van der Waals surface area contributed by atoms with Crippen molar-refractivity contribution in [2.75, 3.05) is 6.54 Å². The summed E-state index contributed by atoms with van der Waals surface area (Å²) in [6.45, 7) is 1.05. The van der Waals surface area contributed by atoms with Crippen LogP contribution in [-0.2, 0) is 16.1 Å². The highest BCUT2D eigenvalue weighted by Crippen LogP contribution is 2.45. The van der Waals surface area contributed by atoms with Crippen LogP contribution in [0.1, 0.15) is 36.4 Å². The number of carbonyl (C=O) groups excluding carboxylic acids is 2. The lowest BCUT2D eigenvalue weighted by Gasteiger charge is -2.14. The molecule has 1 heterocycles. The van der Waals surface area contributed by atoms with Crippen LogP contribution >= 0.6 is 0 Å². The largest absolute Gasteiger partial charge is 0.355 e. The molecule has 5 nitrogen and oxygen atoms in total. The van der Waals surface area contributed by atoms with Gasteiger partial charge >= 0.3 is 0 Å². The molecule has 2 atom stereocenters. The van der Waals surface area contributed by atoms with Crippen LogP contribution in [0.2, 0.25) is 0 Å². The van der Waals surface area contributed by atoms with Gasteiger partial charge in [-0.05, 0) is 53.9 Å². The molecular formula is C20H23N3O2. The lowest BCUT2D eigenvalue weighted by molar-refractivity contribution is -0.110. The topological polar surface area (TPSA) is 71.1 Å². The Kier molecular flexibility index (Phi) is 5.77. The van der Waals surface area contributed by atoms with Crippen molar-refractivity contribution in [3.8, 4) is 0 Å². The summed E-state index contributed by atoms with van der Waals surface area (Å²) >= 11 is 0. The van der Waals surface area contributed by atoms with E-state index in [9.17, 15) is 9.59 Å². The van der Waals surface area contributed by atoms with Gasteiger partial charge in [0.05, 0.1) is 12.2 Å². The van der Waals surface area contributed by atoms with E-state index in [4.69, 9.17) is 0 Å². The van der Waals surface area contributed by atoms with Crippen LogP contribution in [0.15, 0.2) is 53.8 Å². The Morgan fingerprint density at radius 3 is 2.84 bits per heavy atom. The van der Waals surface area contributed by atoms with Gasteiger partial charge in [-0.15, -0.1) is 0 Å². The summed E-state index contributed by atoms with van der Waals surface area (Å²) in [5.74, 6) is 0.824.